The molecule has 1 aromatic heterocycles. The molecule has 1 aromatic rings. The number of pyridine rings is 1. The smallest absolute Gasteiger partial charge is 0.0833 e. The molecule has 2 rings (SSSR count). The van der Waals surface area contributed by atoms with Crippen molar-refractivity contribution in [2.24, 2.45) is 11.8 Å². The summed E-state index contributed by atoms with van der Waals surface area (Å²) >= 11 is 0. The molecule has 1 fully saturated rings. The van der Waals surface area contributed by atoms with Gasteiger partial charge in [0.15, 0.2) is 0 Å². The second kappa shape index (κ2) is 5.63. The number of hydrogen-bond donors (Lipinski definition) is 1. The number of nitrogens with zero attached hydrogens (tertiary/aromatic N) is 1. The molecular weight excluding hydrogens is 210 g/mol. The average Bonchev–Trinajstić information content (AvgIpc) is 2.39. The predicted octanol–water partition coefficient (Wildman–Crippen LogP) is 3.64. The Labute approximate surface area is 104 Å². The summed E-state index contributed by atoms with van der Waals surface area (Å²) in [5.41, 5.74) is 1.99. The first-order chi connectivity index (χ1) is 8.20. The Bertz CT molecular complexity index is 346. The van der Waals surface area contributed by atoms with E-state index in [9.17, 15) is 5.11 Å². The Morgan fingerprint density at radius 1 is 1.41 bits per heavy atom. The first-order valence-electron chi connectivity index (χ1n) is 6.81. The van der Waals surface area contributed by atoms with Crippen molar-refractivity contribution in [3.63, 3.8) is 0 Å². The summed E-state index contributed by atoms with van der Waals surface area (Å²) in [4.78, 5) is 4.27. The third-order valence-electron chi connectivity index (χ3n) is 4.12. The lowest BCUT2D eigenvalue weighted by Crippen LogP contribution is -2.21. The van der Waals surface area contributed by atoms with Crippen LogP contribution in [0.4, 0.5) is 0 Å². The van der Waals surface area contributed by atoms with Crippen LogP contribution >= 0.6 is 0 Å². The van der Waals surface area contributed by atoms with Crippen molar-refractivity contribution in [2.75, 3.05) is 0 Å². The molecule has 0 spiro atoms. The maximum absolute atomic E-state index is 10.4. The molecule has 2 heteroatoms. The molecule has 0 amide bonds. The molecule has 1 N–H and O–H groups in total. The zero-order valence-corrected chi connectivity index (χ0v) is 10.9. The van der Waals surface area contributed by atoms with Crippen LogP contribution < -0.4 is 0 Å². The van der Waals surface area contributed by atoms with Crippen molar-refractivity contribution in [3.05, 3.63) is 29.6 Å². The minimum Gasteiger partial charge on any atom is -0.388 e. The molecule has 94 valence electrons. The first-order valence-corrected chi connectivity index (χ1v) is 6.81. The predicted molar refractivity (Wildman–Crippen MR) is 69.7 cm³/mol. The van der Waals surface area contributed by atoms with E-state index in [1.807, 2.05) is 25.3 Å². The molecule has 0 saturated heterocycles. The molecule has 1 aliphatic rings. The van der Waals surface area contributed by atoms with Gasteiger partial charge in [-0.25, -0.2) is 0 Å². The fourth-order valence-corrected chi connectivity index (χ4v) is 2.92. The van der Waals surface area contributed by atoms with Crippen LogP contribution in [0, 0.1) is 18.8 Å². The minimum atomic E-state index is -0.322. The highest BCUT2D eigenvalue weighted by Gasteiger charge is 2.27. The van der Waals surface area contributed by atoms with Crippen molar-refractivity contribution in [2.45, 2.75) is 52.1 Å². The summed E-state index contributed by atoms with van der Waals surface area (Å²) in [6.07, 6.45) is 7.69. The van der Waals surface area contributed by atoms with Crippen molar-refractivity contribution in [1.82, 2.24) is 4.98 Å². The second-order valence-corrected chi connectivity index (χ2v) is 5.38. The van der Waals surface area contributed by atoms with E-state index in [-0.39, 0.29) is 6.10 Å². The topological polar surface area (TPSA) is 33.1 Å². The molecule has 3 atom stereocenters. The van der Waals surface area contributed by atoms with E-state index in [0.717, 1.165) is 23.6 Å². The van der Waals surface area contributed by atoms with Gasteiger partial charge in [0, 0.05) is 11.9 Å². The van der Waals surface area contributed by atoms with Gasteiger partial charge in [-0.1, -0.05) is 32.3 Å². The highest BCUT2D eigenvalue weighted by atomic mass is 16.3. The van der Waals surface area contributed by atoms with E-state index in [2.05, 4.69) is 11.9 Å². The summed E-state index contributed by atoms with van der Waals surface area (Å²) in [6, 6.07) is 4.00. The molecule has 0 bridgehead atoms. The summed E-state index contributed by atoms with van der Waals surface area (Å²) in [6.45, 7) is 4.23. The van der Waals surface area contributed by atoms with Crippen LogP contribution in [0.3, 0.4) is 0 Å². The SMILES string of the molecule is CCC1CCCC(C(O)c2ccc(C)nc2)C1. The maximum atomic E-state index is 10.4. The molecular formula is C15H23NO. The third kappa shape index (κ3) is 3.06. The van der Waals surface area contributed by atoms with Crippen LogP contribution in [0.1, 0.15) is 56.4 Å². The van der Waals surface area contributed by atoms with Gasteiger partial charge in [-0.05, 0) is 43.2 Å². The Morgan fingerprint density at radius 3 is 2.88 bits per heavy atom. The largest absolute Gasteiger partial charge is 0.388 e. The number of aromatic nitrogens is 1. The Kier molecular flexibility index (Phi) is 4.16. The van der Waals surface area contributed by atoms with Gasteiger partial charge in [0.1, 0.15) is 0 Å². The van der Waals surface area contributed by atoms with E-state index < -0.39 is 0 Å². The van der Waals surface area contributed by atoms with Gasteiger partial charge in [-0.3, -0.25) is 4.98 Å². The van der Waals surface area contributed by atoms with Crippen molar-refractivity contribution in [1.29, 1.82) is 0 Å². The lowest BCUT2D eigenvalue weighted by atomic mass is 9.76. The Hall–Kier alpha value is -0.890. The summed E-state index contributed by atoms with van der Waals surface area (Å²) < 4.78 is 0. The van der Waals surface area contributed by atoms with Crippen molar-refractivity contribution >= 4 is 0 Å². The van der Waals surface area contributed by atoms with E-state index in [0.29, 0.717) is 5.92 Å². The molecule has 1 aliphatic carbocycles. The lowest BCUT2D eigenvalue weighted by Gasteiger charge is -2.31. The van der Waals surface area contributed by atoms with Crippen molar-refractivity contribution in [3.8, 4) is 0 Å². The zero-order chi connectivity index (χ0) is 12.3. The zero-order valence-electron chi connectivity index (χ0n) is 10.9. The quantitative estimate of drug-likeness (QED) is 0.864. The summed E-state index contributed by atoms with van der Waals surface area (Å²) in [5.74, 6) is 1.24. The van der Waals surface area contributed by atoms with Gasteiger partial charge in [0.25, 0.3) is 0 Å². The third-order valence-corrected chi connectivity index (χ3v) is 4.12. The maximum Gasteiger partial charge on any atom is 0.0833 e. The van der Waals surface area contributed by atoms with E-state index >= 15 is 0 Å². The molecule has 1 heterocycles. The Morgan fingerprint density at radius 2 is 2.24 bits per heavy atom. The van der Waals surface area contributed by atoms with Gasteiger partial charge >= 0.3 is 0 Å². The second-order valence-electron chi connectivity index (χ2n) is 5.38. The summed E-state index contributed by atoms with van der Waals surface area (Å²) in [7, 11) is 0. The van der Waals surface area contributed by atoms with Crippen LogP contribution in [-0.4, -0.2) is 10.1 Å². The fourth-order valence-electron chi connectivity index (χ4n) is 2.92. The lowest BCUT2D eigenvalue weighted by molar-refractivity contribution is 0.0675. The van der Waals surface area contributed by atoms with Gasteiger partial charge in [-0.15, -0.1) is 0 Å². The van der Waals surface area contributed by atoms with Gasteiger partial charge in [-0.2, -0.15) is 0 Å². The van der Waals surface area contributed by atoms with E-state index in [1.165, 1.54) is 25.7 Å². The average molecular weight is 233 g/mol. The molecule has 0 radical (unpaired) electrons. The number of hydrogen-bond acceptors (Lipinski definition) is 2. The number of aliphatic hydroxyl groups excluding tert-OH is 1. The molecule has 3 unspecified atom stereocenters. The van der Waals surface area contributed by atoms with Gasteiger partial charge in [0.2, 0.25) is 0 Å². The van der Waals surface area contributed by atoms with Crippen LogP contribution in [0.15, 0.2) is 18.3 Å². The van der Waals surface area contributed by atoms with Crippen LogP contribution in [-0.2, 0) is 0 Å². The van der Waals surface area contributed by atoms with Crippen LogP contribution in [0.25, 0.3) is 0 Å². The Balaban J connectivity index is 2.03. The van der Waals surface area contributed by atoms with Gasteiger partial charge in [0.05, 0.1) is 6.10 Å². The van der Waals surface area contributed by atoms with Crippen molar-refractivity contribution < 1.29 is 5.11 Å². The molecule has 0 aliphatic heterocycles. The number of aryl methyl sites for hydroxylation is 1. The summed E-state index contributed by atoms with van der Waals surface area (Å²) in [5, 5.41) is 10.4. The fraction of sp³-hybridized carbons (Fsp3) is 0.667. The highest BCUT2D eigenvalue weighted by molar-refractivity contribution is 5.16. The molecule has 17 heavy (non-hydrogen) atoms. The van der Waals surface area contributed by atoms with Crippen LogP contribution in [0.2, 0.25) is 0 Å². The number of aliphatic hydroxyl groups is 1. The standard InChI is InChI=1S/C15H23NO/c1-3-12-5-4-6-13(9-12)15(17)14-8-7-11(2)16-10-14/h7-8,10,12-13,15,17H,3-6,9H2,1-2H3. The monoisotopic (exact) mass is 233 g/mol. The van der Waals surface area contributed by atoms with Gasteiger partial charge < -0.3 is 5.11 Å². The number of rotatable bonds is 3. The van der Waals surface area contributed by atoms with E-state index in [4.69, 9.17) is 0 Å². The molecule has 1 saturated carbocycles. The first kappa shape index (κ1) is 12.6. The van der Waals surface area contributed by atoms with Crippen LogP contribution in [0.5, 0.6) is 0 Å². The normalized spacial score (nSPS) is 26.8. The molecule has 2 nitrogen and oxygen atoms in total. The minimum absolute atomic E-state index is 0.322. The van der Waals surface area contributed by atoms with E-state index in [1.54, 1.807) is 0 Å². The molecule has 0 aromatic carbocycles. The highest BCUT2D eigenvalue weighted by Crippen LogP contribution is 2.38.